The van der Waals surface area contributed by atoms with Gasteiger partial charge in [0.2, 0.25) is 0 Å². The number of nitrogens with zero attached hydrogens (tertiary/aromatic N) is 3. The lowest BCUT2D eigenvalue weighted by Gasteiger charge is -2.29. The SMILES string of the molecule is CCCCOc1c(N(C)C(=O)OC(C)(C)C)n(CC(C)C)c(=O)c2ccc(C=Cc3cscn3)cc12. The van der Waals surface area contributed by atoms with E-state index in [9.17, 15) is 9.59 Å². The summed E-state index contributed by atoms with van der Waals surface area (Å²) in [5.74, 6) is 1.10. The Balaban J connectivity index is 2.25. The van der Waals surface area contributed by atoms with Gasteiger partial charge < -0.3 is 9.47 Å². The van der Waals surface area contributed by atoms with Gasteiger partial charge in [0.25, 0.3) is 5.56 Å². The number of fused-ring (bicyclic) bond motifs is 1. The molecule has 0 aliphatic rings. The maximum absolute atomic E-state index is 13.7. The van der Waals surface area contributed by atoms with Crippen molar-refractivity contribution in [1.82, 2.24) is 9.55 Å². The van der Waals surface area contributed by atoms with E-state index in [1.165, 1.54) is 16.2 Å². The Morgan fingerprint density at radius 3 is 2.58 bits per heavy atom. The third-order valence-electron chi connectivity index (χ3n) is 5.40. The quantitative estimate of drug-likeness (QED) is 0.294. The Bertz CT molecular complexity index is 1270. The molecule has 0 aliphatic heterocycles. The van der Waals surface area contributed by atoms with Crippen molar-refractivity contribution < 1.29 is 14.3 Å². The van der Waals surface area contributed by atoms with Crippen LogP contribution in [-0.4, -0.2) is 34.9 Å². The lowest BCUT2D eigenvalue weighted by molar-refractivity contribution is 0.0585. The largest absolute Gasteiger partial charge is 0.489 e. The normalized spacial score (nSPS) is 12.0. The molecule has 3 rings (SSSR count). The molecule has 36 heavy (non-hydrogen) atoms. The van der Waals surface area contributed by atoms with Gasteiger partial charge in [-0.3, -0.25) is 14.3 Å². The van der Waals surface area contributed by atoms with Crippen LogP contribution in [-0.2, 0) is 11.3 Å². The fourth-order valence-corrected chi connectivity index (χ4v) is 4.28. The van der Waals surface area contributed by atoms with Crippen LogP contribution >= 0.6 is 11.3 Å². The Morgan fingerprint density at radius 2 is 1.97 bits per heavy atom. The molecule has 0 saturated heterocycles. The van der Waals surface area contributed by atoms with Crippen LogP contribution in [0, 0.1) is 5.92 Å². The summed E-state index contributed by atoms with van der Waals surface area (Å²) in [6.45, 7) is 12.5. The molecular formula is C28H37N3O4S. The highest BCUT2D eigenvalue weighted by atomic mass is 32.1. The highest BCUT2D eigenvalue weighted by Crippen LogP contribution is 2.36. The molecule has 1 aromatic carbocycles. The lowest BCUT2D eigenvalue weighted by Crippen LogP contribution is -2.38. The molecule has 0 N–H and O–H groups in total. The first-order valence-electron chi connectivity index (χ1n) is 12.4. The molecule has 0 atom stereocenters. The van der Waals surface area contributed by atoms with Crippen molar-refractivity contribution in [3.05, 3.63) is 50.7 Å². The zero-order chi connectivity index (χ0) is 26.5. The van der Waals surface area contributed by atoms with E-state index in [-0.39, 0.29) is 11.5 Å². The number of anilines is 1. The smallest absolute Gasteiger partial charge is 0.415 e. The predicted octanol–water partition coefficient (Wildman–Crippen LogP) is 6.83. The van der Waals surface area contributed by atoms with Gasteiger partial charge in [0, 0.05) is 24.4 Å². The van der Waals surface area contributed by atoms with Gasteiger partial charge >= 0.3 is 6.09 Å². The second kappa shape index (κ2) is 11.7. The summed E-state index contributed by atoms with van der Waals surface area (Å²) < 4.78 is 13.6. The molecule has 0 spiro atoms. The standard InChI is InChI=1S/C28H37N3O4S/c1-8-9-14-34-24-23-15-20(10-12-21-17-36-18-29-21)11-13-22(23)26(32)31(16-19(2)3)25(24)30(7)27(33)35-28(4,5)6/h10-13,15,17-19H,8-9,14,16H2,1-7H3. The Labute approximate surface area is 217 Å². The molecule has 2 heterocycles. The predicted molar refractivity (Wildman–Crippen MR) is 149 cm³/mol. The first-order valence-corrected chi connectivity index (χ1v) is 13.3. The second-order valence-electron chi connectivity index (χ2n) is 10.3. The molecule has 0 unspecified atom stereocenters. The number of rotatable bonds is 9. The van der Waals surface area contributed by atoms with Crippen molar-refractivity contribution in [2.45, 2.75) is 66.5 Å². The molecule has 0 radical (unpaired) electrons. The number of carbonyl (C=O) groups is 1. The Kier molecular flexibility index (Phi) is 8.95. The molecule has 0 aliphatic carbocycles. The average Bonchev–Trinajstić information content (AvgIpc) is 3.32. The number of amides is 1. The average molecular weight is 512 g/mol. The van der Waals surface area contributed by atoms with Crippen LogP contribution in [0.25, 0.3) is 22.9 Å². The minimum atomic E-state index is -0.678. The van der Waals surface area contributed by atoms with Gasteiger partial charge in [-0.2, -0.15) is 0 Å². The van der Waals surface area contributed by atoms with Crippen molar-refractivity contribution in [3.63, 3.8) is 0 Å². The third kappa shape index (κ3) is 6.75. The number of carbonyl (C=O) groups excluding carboxylic acids is 1. The molecule has 7 nitrogen and oxygen atoms in total. The molecular weight excluding hydrogens is 474 g/mol. The van der Waals surface area contributed by atoms with E-state index in [2.05, 4.69) is 11.9 Å². The Hall–Kier alpha value is -3.13. The number of pyridine rings is 1. The fraction of sp³-hybridized carbons (Fsp3) is 0.464. The minimum Gasteiger partial charge on any atom is -0.489 e. The summed E-state index contributed by atoms with van der Waals surface area (Å²) in [6.07, 6.45) is 5.16. The van der Waals surface area contributed by atoms with Crippen molar-refractivity contribution in [2.75, 3.05) is 18.6 Å². The van der Waals surface area contributed by atoms with E-state index in [1.54, 1.807) is 17.1 Å². The van der Waals surface area contributed by atoms with E-state index in [0.29, 0.717) is 35.5 Å². The number of benzene rings is 1. The van der Waals surface area contributed by atoms with Gasteiger partial charge in [-0.05, 0) is 56.9 Å². The number of hydrogen-bond donors (Lipinski definition) is 0. The monoisotopic (exact) mass is 511 g/mol. The van der Waals surface area contributed by atoms with Gasteiger partial charge in [-0.1, -0.05) is 39.3 Å². The van der Waals surface area contributed by atoms with E-state index in [4.69, 9.17) is 9.47 Å². The van der Waals surface area contributed by atoms with Gasteiger partial charge in [-0.15, -0.1) is 11.3 Å². The van der Waals surface area contributed by atoms with Crippen LogP contribution in [0.2, 0.25) is 0 Å². The minimum absolute atomic E-state index is 0.165. The maximum atomic E-state index is 13.7. The molecule has 1 amide bonds. The number of unbranched alkanes of at least 4 members (excludes halogenated alkanes) is 1. The van der Waals surface area contributed by atoms with Crippen molar-refractivity contribution >= 4 is 46.2 Å². The van der Waals surface area contributed by atoms with Gasteiger partial charge in [0.05, 0.1) is 23.2 Å². The summed E-state index contributed by atoms with van der Waals surface area (Å²) in [5, 5.41) is 3.19. The molecule has 0 saturated carbocycles. The highest BCUT2D eigenvalue weighted by Gasteiger charge is 2.28. The summed E-state index contributed by atoms with van der Waals surface area (Å²) in [6, 6.07) is 5.69. The van der Waals surface area contributed by atoms with Crippen LogP contribution in [0.4, 0.5) is 10.6 Å². The zero-order valence-electron chi connectivity index (χ0n) is 22.3. The topological polar surface area (TPSA) is 73.7 Å². The molecule has 8 heteroatoms. The van der Waals surface area contributed by atoms with Gasteiger partial charge in [-0.25, -0.2) is 9.78 Å². The summed E-state index contributed by atoms with van der Waals surface area (Å²) in [7, 11) is 1.63. The Morgan fingerprint density at radius 1 is 1.22 bits per heavy atom. The van der Waals surface area contributed by atoms with E-state index >= 15 is 0 Å². The first kappa shape index (κ1) is 27.5. The molecule has 2 aromatic heterocycles. The van der Waals surface area contributed by atoms with Crippen LogP contribution in [0.3, 0.4) is 0 Å². The molecule has 3 aromatic rings. The molecule has 0 bridgehead atoms. The van der Waals surface area contributed by atoms with Crippen LogP contribution in [0.5, 0.6) is 5.75 Å². The maximum Gasteiger partial charge on any atom is 0.415 e. The van der Waals surface area contributed by atoms with E-state index in [1.807, 2.05) is 70.3 Å². The summed E-state index contributed by atoms with van der Waals surface area (Å²) >= 11 is 1.54. The fourth-order valence-electron chi connectivity index (χ4n) is 3.76. The zero-order valence-corrected chi connectivity index (χ0v) is 23.1. The highest BCUT2D eigenvalue weighted by molar-refractivity contribution is 7.07. The first-order chi connectivity index (χ1) is 17.0. The van der Waals surface area contributed by atoms with Crippen LogP contribution in [0.15, 0.2) is 33.9 Å². The molecule has 0 fully saturated rings. The third-order valence-corrected chi connectivity index (χ3v) is 6.00. The van der Waals surface area contributed by atoms with Crippen molar-refractivity contribution in [1.29, 1.82) is 0 Å². The summed E-state index contributed by atoms with van der Waals surface area (Å²) in [4.78, 5) is 32.6. The van der Waals surface area contributed by atoms with Crippen molar-refractivity contribution in [2.24, 2.45) is 5.92 Å². The number of ether oxygens (including phenoxy) is 2. The van der Waals surface area contributed by atoms with Crippen LogP contribution < -0.4 is 15.2 Å². The number of hydrogen-bond acceptors (Lipinski definition) is 6. The second-order valence-corrected chi connectivity index (χ2v) is 11.0. The molecule has 194 valence electrons. The van der Waals surface area contributed by atoms with Gasteiger partial charge in [0.15, 0.2) is 11.6 Å². The lowest BCUT2D eigenvalue weighted by atomic mass is 10.1. The van der Waals surface area contributed by atoms with E-state index in [0.717, 1.165) is 24.1 Å². The van der Waals surface area contributed by atoms with E-state index < -0.39 is 11.7 Å². The van der Waals surface area contributed by atoms with Crippen molar-refractivity contribution in [3.8, 4) is 5.75 Å². The number of aromatic nitrogens is 2. The number of thiazole rings is 1. The summed E-state index contributed by atoms with van der Waals surface area (Å²) in [5.41, 5.74) is 2.72. The van der Waals surface area contributed by atoms with Gasteiger partial charge in [0.1, 0.15) is 5.60 Å². The van der Waals surface area contributed by atoms with Crippen LogP contribution in [0.1, 0.15) is 65.6 Å².